The van der Waals surface area contributed by atoms with Crippen molar-refractivity contribution in [3.05, 3.63) is 59.2 Å². The number of carbonyl (C=O) groups is 1. The van der Waals surface area contributed by atoms with Crippen molar-refractivity contribution >= 4 is 32.6 Å². The Morgan fingerprint density at radius 1 is 1.19 bits per heavy atom. The van der Waals surface area contributed by atoms with Gasteiger partial charge in [-0.25, -0.2) is 4.98 Å². The van der Waals surface area contributed by atoms with Crippen LogP contribution in [0.2, 0.25) is 0 Å². The van der Waals surface area contributed by atoms with E-state index in [-0.39, 0.29) is 5.91 Å². The number of para-hydroxylation sites is 1. The summed E-state index contributed by atoms with van der Waals surface area (Å²) in [5.41, 5.74) is 3.97. The molecule has 0 unspecified atom stereocenters. The minimum absolute atomic E-state index is 0.119. The summed E-state index contributed by atoms with van der Waals surface area (Å²) in [4.78, 5) is 18.6. The van der Waals surface area contributed by atoms with Crippen LogP contribution in [-0.4, -0.2) is 37.2 Å². The van der Waals surface area contributed by atoms with Gasteiger partial charge in [0.15, 0.2) is 5.13 Å². The van der Waals surface area contributed by atoms with E-state index in [0.717, 1.165) is 48.6 Å². The minimum atomic E-state index is -0.119. The first-order chi connectivity index (χ1) is 12.7. The summed E-state index contributed by atoms with van der Waals surface area (Å²) in [5.74, 6) is -0.119. The maximum absolute atomic E-state index is 12.5. The van der Waals surface area contributed by atoms with Gasteiger partial charge in [0.1, 0.15) is 19.6 Å². The third kappa shape index (κ3) is 3.77. The van der Waals surface area contributed by atoms with Crippen molar-refractivity contribution in [2.45, 2.75) is 13.5 Å². The van der Waals surface area contributed by atoms with Crippen molar-refractivity contribution in [2.24, 2.45) is 0 Å². The SMILES string of the molecule is Cc1cccc2sc(NC(=O)c3ccc(C[NH+]4CCOCC4)cc3)nc12. The number of aromatic nitrogens is 1. The number of fused-ring (bicyclic) bond motifs is 1. The van der Waals surface area contributed by atoms with Gasteiger partial charge >= 0.3 is 0 Å². The second-order valence-electron chi connectivity index (χ2n) is 6.63. The number of aryl methyl sites for hydroxylation is 1. The number of thiazole rings is 1. The molecular weight excluding hydrogens is 346 g/mol. The van der Waals surface area contributed by atoms with Crippen molar-refractivity contribution in [1.29, 1.82) is 0 Å². The second-order valence-corrected chi connectivity index (χ2v) is 7.66. The number of ether oxygens (including phenoxy) is 1. The molecule has 1 saturated heterocycles. The Balaban J connectivity index is 1.43. The van der Waals surface area contributed by atoms with Gasteiger partial charge in [0.25, 0.3) is 5.91 Å². The quantitative estimate of drug-likeness (QED) is 0.743. The number of benzene rings is 2. The van der Waals surface area contributed by atoms with Crippen LogP contribution in [0.4, 0.5) is 5.13 Å². The summed E-state index contributed by atoms with van der Waals surface area (Å²) in [5, 5.41) is 3.56. The first kappa shape index (κ1) is 17.1. The Kier molecular flexibility index (Phi) is 4.97. The first-order valence-electron chi connectivity index (χ1n) is 8.87. The van der Waals surface area contributed by atoms with E-state index in [4.69, 9.17) is 4.74 Å². The van der Waals surface area contributed by atoms with Gasteiger partial charge in [0, 0.05) is 11.1 Å². The molecule has 6 heteroatoms. The van der Waals surface area contributed by atoms with Gasteiger partial charge in [-0.05, 0) is 30.7 Å². The number of hydrogen-bond donors (Lipinski definition) is 2. The smallest absolute Gasteiger partial charge is 0.257 e. The molecule has 0 spiro atoms. The molecule has 2 N–H and O–H groups in total. The zero-order chi connectivity index (χ0) is 17.9. The highest BCUT2D eigenvalue weighted by atomic mass is 32.1. The van der Waals surface area contributed by atoms with E-state index in [0.29, 0.717) is 10.7 Å². The molecule has 2 aromatic carbocycles. The van der Waals surface area contributed by atoms with Gasteiger partial charge in [-0.15, -0.1) is 0 Å². The molecular formula is C20H22N3O2S+. The average Bonchev–Trinajstić information content (AvgIpc) is 3.07. The van der Waals surface area contributed by atoms with Crippen molar-refractivity contribution in [3.8, 4) is 0 Å². The molecule has 26 heavy (non-hydrogen) atoms. The fourth-order valence-electron chi connectivity index (χ4n) is 3.21. The van der Waals surface area contributed by atoms with Crippen LogP contribution in [-0.2, 0) is 11.3 Å². The fourth-order valence-corrected chi connectivity index (χ4v) is 4.15. The lowest BCUT2D eigenvalue weighted by Crippen LogP contribution is -3.12. The minimum Gasteiger partial charge on any atom is -0.370 e. The lowest BCUT2D eigenvalue weighted by atomic mass is 10.1. The van der Waals surface area contributed by atoms with Crippen LogP contribution in [0.25, 0.3) is 10.2 Å². The highest BCUT2D eigenvalue weighted by molar-refractivity contribution is 7.22. The average molecular weight is 368 g/mol. The Bertz CT molecular complexity index is 914. The lowest BCUT2D eigenvalue weighted by Gasteiger charge is -2.23. The first-order valence-corrected chi connectivity index (χ1v) is 9.68. The molecule has 4 rings (SSSR count). The second kappa shape index (κ2) is 7.53. The largest absolute Gasteiger partial charge is 0.370 e. The van der Waals surface area contributed by atoms with Crippen LogP contribution < -0.4 is 10.2 Å². The van der Waals surface area contributed by atoms with Crippen molar-refractivity contribution in [2.75, 3.05) is 31.6 Å². The number of anilines is 1. The number of rotatable bonds is 4. The number of quaternary nitrogens is 1. The topological polar surface area (TPSA) is 55.7 Å². The molecule has 0 bridgehead atoms. The number of nitrogens with zero attached hydrogens (tertiary/aromatic N) is 1. The monoisotopic (exact) mass is 368 g/mol. The van der Waals surface area contributed by atoms with Crippen LogP contribution >= 0.6 is 11.3 Å². The standard InChI is InChI=1S/C20H21N3O2S/c1-14-3-2-4-17-18(14)21-20(26-17)22-19(24)16-7-5-15(6-8-16)13-23-9-11-25-12-10-23/h2-8H,9-13H2,1H3,(H,21,22,24)/p+1. The summed E-state index contributed by atoms with van der Waals surface area (Å²) in [7, 11) is 0. The van der Waals surface area contributed by atoms with Gasteiger partial charge < -0.3 is 9.64 Å². The van der Waals surface area contributed by atoms with Crippen molar-refractivity contribution in [1.82, 2.24) is 4.98 Å². The zero-order valence-corrected chi connectivity index (χ0v) is 15.6. The van der Waals surface area contributed by atoms with E-state index < -0.39 is 0 Å². The van der Waals surface area contributed by atoms with E-state index in [2.05, 4.69) is 10.3 Å². The van der Waals surface area contributed by atoms with Crippen LogP contribution in [0.15, 0.2) is 42.5 Å². The predicted molar refractivity (Wildman–Crippen MR) is 104 cm³/mol. The molecule has 2 heterocycles. The molecule has 0 aliphatic carbocycles. The maximum Gasteiger partial charge on any atom is 0.257 e. The summed E-state index contributed by atoms with van der Waals surface area (Å²) in [6.45, 7) is 6.75. The molecule has 1 aromatic heterocycles. The zero-order valence-electron chi connectivity index (χ0n) is 14.7. The summed E-state index contributed by atoms with van der Waals surface area (Å²) < 4.78 is 6.48. The molecule has 134 valence electrons. The Labute approximate surface area is 156 Å². The normalized spacial score (nSPS) is 15.3. The number of nitrogens with one attached hydrogen (secondary N) is 2. The summed E-state index contributed by atoms with van der Waals surface area (Å²) in [6.07, 6.45) is 0. The van der Waals surface area contributed by atoms with Crippen LogP contribution in [0, 0.1) is 6.92 Å². The molecule has 0 atom stereocenters. The van der Waals surface area contributed by atoms with E-state index in [1.54, 1.807) is 0 Å². The van der Waals surface area contributed by atoms with Crippen molar-refractivity contribution < 1.29 is 14.4 Å². The predicted octanol–water partition coefficient (Wildman–Crippen LogP) is 2.27. The summed E-state index contributed by atoms with van der Waals surface area (Å²) >= 11 is 1.50. The van der Waals surface area contributed by atoms with E-state index in [1.807, 2.05) is 49.4 Å². The number of hydrogen-bond acceptors (Lipinski definition) is 4. The van der Waals surface area contributed by atoms with E-state index in [9.17, 15) is 4.79 Å². The Hall–Kier alpha value is -2.28. The molecule has 1 aliphatic rings. The third-order valence-electron chi connectivity index (χ3n) is 4.71. The highest BCUT2D eigenvalue weighted by Gasteiger charge is 2.15. The molecule has 0 radical (unpaired) electrons. The highest BCUT2D eigenvalue weighted by Crippen LogP contribution is 2.28. The number of amides is 1. The van der Waals surface area contributed by atoms with Gasteiger partial charge in [0.05, 0.1) is 23.4 Å². The lowest BCUT2D eigenvalue weighted by molar-refractivity contribution is -0.921. The van der Waals surface area contributed by atoms with Gasteiger partial charge in [-0.3, -0.25) is 10.1 Å². The van der Waals surface area contributed by atoms with Crippen LogP contribution in [0.1, 0.15) is 21.5 Å². The van der Waals surface area contributed by atoms with Crippen molar-refractivity contribution in [3.63, 3.8) is 0 Å². The van der Waals surface area contributed by atoms with Gasteiger partial charge in [-0.1, -0.05) is 35.6 Å². The van der Waals surface area contributed by atoms with Crippen LogP contribution in [0.5, 0.6) is 0 Å². The molecule has 0 saturated carbocycles. The molecule has 1 amide bonds. The van der Waals surface area contributed by atoms with Gasteiger partial charge in [-0.2, -0.15) is 0 Å². The Morgan fingerprint density at radius 2 is 1.96 bits per heavy atom. The third-order valence-corrected chi connectivity index (χ3v) is 5.65. The van der Waals surface area contributed by atoms with Gasteiger partial charge in [0.2, 0.25) is 0 Å². The number of morpholine rings is 1. The van der Waals surface area contributed by atoms with E-state index in [1.165, 1.54) is 21.8 Å². The maximum atomic E-state index is 12.5. The number of carbonyl (C=O) groups excluding carboxylic acids is 1. The summed E-state index contributed by atoms with van der Waals surface area (Å²) in [6, 6.07) is 13.9. The fraction of sp³-hybridized carbons (Fsp3) is 0.300. The molecule has 5 nitrogen and oxygen atoms in total. The molecule has 1 aliphatic heterocycles. The Morgan fingerprint density at radius 3 is 2.69 bits per heavy atom. The van der Waals surface area contributed by atoms with Crippen LogP contribution in [0.3, 0.4) is 0 Å². The molecule has 1 fully saturated rings. The van der Waals surface area contributed by atoms with E-state index >= 15 is 0 Å². The molecule has 3 aromatic rings.